The monoisotopic (exact) mass is 564 g/mol. The van der Waals surface area contributed by atoms with Crippen LogP contribution in [-0.2, 0) is 0 Å². The van der Waals surface area contributed by atoms with Crippen LogP contribution in [0.4, 0.5) is 0 Å². The molecule has 0 saturated carbocycles. The lowest BCUT2D eigenvalue weighted by molar-refractivity contribution is 1.37. The average Bonchev–Trinajstić information content (AvgIpc) is 3.47. The molecule has 0 N–H and O–H groups in total. The lowest BCUT2D eigenvalue weighted by Gasteiger charge is -2.13. The molecule has 0 amide bonds. The van der Waals surface area contributed by atoms with Crippen LogP contribution in [0.15, 0.2) is 146 Å². The SMILES string of the molecule is c1ccc(-c2ccc3ccc4ccc(-c5ccc(-c6cccc7c6sc6ccccc67)c6ccccc56)nc4c3n2)cc1. The number of benzene rings is 6. The van der Waals surface area contributed by atoms with Crippen LogP contribution < -0.4 is 0 Å². The van der Waals surface area contributed by atoms with Gasteiger partial charge in [-0.15, -0.1) is 11.3 Å². The summed E-state index contributed by atoms with van der Waals surface area (Å²) in [6.45, 7) is 0. The number of nitrogens with zero attached hydrogens (tertiary/aromatic N) is 2. The van der Waals surface area contributed by atoms with E-state index in [1.54, 1.807) is 0 Å². The minimum Gasteiger partial charge on any atom is -0.245 e. The summed E-state index contributed by atoms with van der Waals surface area (Å²) >= 11 is 1.87. The van der Waals surface area contributed by atoms with Gasteiger partial charge in [0, 0.05) is 47.6 Å². The molecule has 2 nitrogen and oxygen atoms in total. The standard InChI is InChI=1S/C40H24N2S/c1-2-9-25(10-3-1)35-23-19-26-17-18-27-20-24-36(42-39(27)38(26)41-35)31-22-21-30(28-11-4-5-12-29(28)31)33-14-8-15-34-32-13-6-7-16-37(32)43-40(33)34/h1-24H. The minimum absolute atomic E-state index is 0.927. The van der Waals surface area contributed by atoms with E-state index in [1.807, 2.05) is 17.4 Å². The molecule has 3 aromatic heterocycles. The van der Waals surface area contributed by atoms with Gasteiger partial charge in [0.05, 0.1) is 22.4 Å². The lowest BCUT2D eigenvalue weighted by Crippen LogP contribution is -1.92. The number of thiophene rings is 1. The van der Waals surface area contributed by atoms with E-state index in [2.05, 4.69) is 140 Å². The molecule has 9 aromatic rings. The Kier molecular flexibility index (Phi) is 5.40. The molecule has 0 aliphatic rings. The van der Waals surface area contributed by atoms with Gasteiger partial charge in [-0.1, -0.05) is 127 Å². The van der Waals surface area contributed by atoms with E-state index in [1.165, 1.54) is 42.1 Å². The van der Waals surface area contributed by atoms with Crippen LogP contribution in [0.3, 0.4) is 0 Å². The van der Waals surface area contributed by atoms with E-state index < -0.39 is 0 Å². The van der Waals surface area contributed by atoms with Crippen molar-refractivity contribution in [3.05, 3.63) is 146 Å². The summed E-state index contributed by atoms with van der Waals surface area (Å²) in [6, 6.07) is 51.8. The van der Waals surface area contributed by atoms with Gasteiger partial charge in [0.15, 0.2) is 0 Å². The highest BCUT2D eigenvalue weighted by molar-refractivity contribution is 7.26. The summed E-state index contributed by atoms with van der Waals surface area (Å²) in [4.78, 5) is 10.4. The Labute approximate surface area is 252 Å². The molecule has 0 saturated heterocycles. The maximum absolute atomic E-state index is 5.28. The Morgan fingerprint density at radius 3 is 1.74 bits per heavy atom. The third-order valence-electron chi connectivity index (χ3n) is 8.48. The summed E-state index contributed by atoms with van der Waals surface area (Å²) in [5.74, 6) is 0. The third kappa shape index (κ3) is 3.86. The van der Waals surface area contributed by atoms with Crippen molar-refractivity contribution in [1.29, 1.82) is 0 Å². The summed E-state index contributed by atoms with van der Waals surface area (Å²) in [7, 11) is 0. The Balaban J connectivity index is 1.25. The molecular weight excluding hydrogens is 541 g/mol. The average molecular weight is 565 g/mol. The molecule has 0 unspecified atom stereocenters. The van der Waals surface area contributed by atoms with E-state index in [-0.39, 0.29) is 0 Å². The fourth-order valence-electron chi connectivity index (χ4n) is 6.40. The molecule has 0 fully saturated rings. The molecule has 9 rings (SSSR count). The van der Waals surface area contributed by atoms with Crippen molar-refractivity contribution in [1.82, 2.24) is 9.97 Å². The highest BCUT2D eigenvalue weighted by Gasteiger charge is 2.16. The van der Waals surface area contributed by atoms with Crippen molar-refractivity contribution in [2.24, 2.45) is 0 Å². The summed E-state index contributed by atoms with van der Waals surface area (Å²) in [5.41, 5.74) is 8.52. The zero-order valence-electron chi connectivity index (χ0n) is 23.2. The second kappa shape index (κ2) is 9.59. The molecule has 0 aliphatic heterocycles. The molecule has 0 radical (unpaired) electrons. The van der Waals surface area contributed by atoms with E-state index >= 15 is 0 Å². The Morgan fingerprint density at radius 1 is 0.372 bits per heavy atom. The third-order valence-corrected chi connectivity index (χ3v) is 9.70. The first kappa shape index (κ1) is 24.2. The zero-order valence-corrected chi connectivity index (χ0v) is 24.0. The van der Waals surface area contributed by atoms with Gasteiger partial charge in [0.25, 0.3) is 0 Å². The predicted octanol–water partition coefficient (Wildman–Crippen LogP) is 11.3. The summed E-state index contributed by atoms with van der Waals surface area (Å²) < 4.78 is 2.65. The number of hydrogen-bond acceptors (Lipinski definition) is 3. The largest absolute Gasteiger partial charge is 0.245 e. The van der Waals surface area contributed by atoms with Crippen molar-refractivity contribution in [2.75, 3.05) is 0 Å². The van der Waals surface area contributed by atoms with Crippen molar-refractivity contribution in [2.45, 2.75) is 0 Å². The number of hydrogen-bond donors (Lipinski definition) is 0. The molecule has 43 heavy (non-hydrogen) atoms. The first-order chi connectivity index (χ1) is 21.3. The second-order valence-corrected chi connectivity index (χ2v) is 12.0. The van der Waals surface area contributed by atoms with Crippen molar-refractivity contribution in [3.63, 3.8) is 0 Å². The van der Waals surface area contributed by atoms with Crippen LogP contribution in [0.5, 0.6) is 0 Å². The fraction of sp³-hybridized carbons (Fsp3) is 0. The van der Waals surface area contributed by atoms with E-state index in [0.717, 1.165) is 44.3 Å². The van der Waals surface area contributed by atoms with E-state index in [4.69, 9.17) is 9.97 Å². The quantitative estimate of drug-likeness (QED) is 0.199. The molecule has 0 spiro atoms. The van der Waals surface area contributed by atoms with Gasteiger partial charge < -0.3 is 0 Å². The topological polar surface area (TPSA) is 25.8 Å². The summed E-state index contributed by atoms with van der Waals surface area (Å²) in [6.07, 6.45) is 0. The van der Waals surface area contributed by atoms with Crippen molar-refractivity contribution < 1.29 is 0 Å². The van der Waals surface area contributed by atoms with E-state index in [0.29, 0.717) is 0 Å². The number of aromatic nitrogens is 2. The van der Waals surface area contributed by atoms with Gasteiger partial charge in [-0.2, -0.15) is 0 Å². The molecule has 0 atom stereocenters. The van der Waals surface area contributed by atoms with Crippen LogP contribution in [0.1, 0.15) is 0 Å². The molecule has 0 aliphatic carbocycles. The first-order valence-electron chi connectivity index (χ1n) is 14.5. The molecule has 200 valence electrons. The molecule has 6 aromatic carbocycles. The Morgan fingerprint density at radius 2 is 0.953 bits per heavy atom. The van der Waals surface area contributed by atoms with Gasteiger partial charge >= 0.3 is 0 Å². The zero-order chi connectivity index (χ0) is 28.3. The second-order valence-electron chi connectivity index (χ2n) is 11.0. The number of rotatable bonds is 3. The van der Waals surface area contributed by atoms with Crippen LogP contribution in [-0.4, -0.2) is 9.97 Å². The predicted molar refractivity (Wildman–Crippen MR) is 184 cm³/mol. The maximum atomic E-state index is 5.28. The summed E-state index contributed by atoms with van der Waals surface area (Å²) in [5, 5.41) is 7.25. The van der Waals surface area contributed by atoms with Crippen molar-refractivity contribution >= 4 is 64.1 Å². The van der Waals surface area contributed by atoms with Crippen LogP contribution in [0.25, 0.3) is 86.4 Å². The molecular formula is C40H24N2S. The number of pyridine rings is 2. The van der Waals surface area contributed by atoms with Crippen LogP contribution in [0.2, 0.25) is 0 Å². The van der Waals surface area contributed by atoms with Crippen molar-refractivity contribution in [3.8, 4) is 33.6 Å². The highest BCUT2D eigenvalue weighted by Crippen LogP contribution is 2.43. The normalized spacial score (nSPS) is 11.7. The smallest absolute Gasteiger partial charge is 0.0972 e. The molecule has 3 heteroatoms. The maximum Gasteiger partial charge on any atom is 0.0972 e. The Hall–Kier alpha value is -5.38. The van der Waals surface area contributed by atoms with Gasteiger partial charge in [0.2, 0.25) is 0 Å². The Bertz CT molecular complexity index is 2510. The van der Waals surface area contributed by atoms with Gasteiger partial charge in [0.1, 0.15) is 0 Å². The fourth-order valence-corrected chi connectivity index (χ4v) is 7.63. The first-order valence-corrected chi connectivity index (χ1v) is 15.3. The molecule has 3 heterocycles. The van der Waals surface area contributed by atoms with Crippen LogP contribution in [0, 0.1) is 0 Å². The number of fused-ring (bicyclic) bond motifs is 7. The lowest BCUT2D eigenvalue weighted by atomic mass is 9.93. The van der Waals surface area contributed by atoms with Gasteiger partial charge in [-0.3, -0.25) is 0 Å². The van der Waals surface area contributed by atoms with Crippen LogP contribution >= 0.6 is 11.3 Å². The van der Waals surface area contributed by atoms with Gasteiger partial charge in [-0.05, 0) is 34.5 Å². The highest BCUT2D eigenvalue weighted by atomic mass is 32.1. The molecule has 0 bridgehead atoms. The van der Waals surface area contributed by atoms with Gasteiger partial charge in [-0.25, -0.2) is 9.97 Å². The van der Waals surface area contributed by atoms with E-state index in [9.17, 15) is 0 Å². The minimum atomic E-state index is 0.927.